The van der Waals surface area contributed by atoms with Crippen LogP contribution < -0.4 is 5.73 Å². The third-order valence-corrected chi connectivity index (χ3v) is 6.75. The summed E-state index contributed by atoms with van der Waals surface area (Å²) in [5.74, 6) is 1.83. The number of aromatic amines is 1. The molecule has 112 valence electrons. The van der Waals surface area contributed by atoms with Gasteiger partial charge in [0.1, 0.15) is 11.3 Å². The predicted octanol–water partition coefficient (Wildman–Crippen LogP) is 3.53. The molecule has 1 unspecified atom stereocenters. The molecule has 0 aliphatic carbocycles. The summed E-state index contributed by atoms with van der Waals surface area (Å²) in [7, 11) is 4.04. The number of imidazole rings is 1. The summed E-state index contributed by atoms with van der Waals surface area (Å²) in [6.07, 6.45) is 5.94. The Morgan fingerprint density at radius 3 is 3.10 bits per heavy atom. The van der Waals surface area contributed by atoms with Gasteiger partial charge in [0, 0.05) is 17.4 Å². The van der Waals surface area contributed by atoms with Crippen LogP contribution >= 0.6 is 21.6 Å². The normalized spacial score (nSPS) is 18.4. The molecule has 1 aromatic carbocycles. The van der Waals surface area contributed by atoms with Gasteiger partial charge in [0.25, 0.3) is 5.91 Å². The number of aryl methyl sites for hydroxylation is 1. The van der Waals surface area contributed by atoms with Gasteiger partial charge >= 0.3 is 0 Å². The number of para-hydroxylation sites is 1. The molecule has 0 bridgehead atoms. The molecule has 3 N–H and O–H groups in total. The lowest BCUT2D eigenvalue weighted by molar-refractivity contribution is 0.100. The molecule has 1 aromatic heterocycles. The second kappa shape index (κ2) is 6.75. The number of fused-ring (bicyclic) bond motifs is 1. The number of benzene rings is 1. The van der Waals surface area contributed by atoms with Crippen molar-refractivity contribution < 1.29 is 4.79 Å². The number of primary amides is 1. The van der Waals surface area contributed by atoms with Crippen molar-refractivity contribution in [2.24, 2.45) is 5.73 Å². The topological polar surface area (TPSA) is 71.8 Å². The number of carbonyl (C=O) groups is 1. The number of nitrogens with zero attached hydrogens (tertiary/aromatic N) is 1. The van der Waals surface area contributed by atoms with E-state index in [1.165, 1.54) is 25.0 Å². The Labute approximate surface area is 132 Å². The van der Waals surface area contributed by atoms with Gasteiger partial charge in [0.15, 0.2) is 0 Å². The molecular formula is C15H19N3OS2. The van der Waals surface area contributed by atoms with Gasteiger partial charge < -0.3 is 10.7 Å². The van der Waals surface area contributed by atoms with Crippen molar-refractivity contribution in [2.45, 2.75) is 37.4 Å². The molecule has 2 aromatic rings. The van der Waals surface area contributed by atoms with Crippen LogP contribution in [0.1, 0.15) is 41.9 Å². The molecule has 1 aliphatic rings. The maximum Gasteiger partial charge on any atom is 0.250 e. The number of nitrogens with one attached hydrogen (secondary N) is 1. The van der Waals surface area contributed by atoms with Crippen molar-refractivity contribution in [3.05, 3.63) is 29.6 Å². The summed E-state index contributed by atoms with van der Waals surface area (Å²) in [4.78, 5) is 19.2. The average molecular weight is 321 g/mol. The van der Waals surface area contributed by atoms with Gasteiger partial charge in [-0.1, -0.05) is 34.1 Å². The Bertz CT molecular complexity index is 635. The van der Waals surface area contributed by atoms with Crippen LogP contribution in [0.4, 0.5) is 0 Å². The minimum atomic E-state index is -0.422. The monoisotopic (exact) mass is 321 g/mol. The molecule has 0 radical (unpaired) electrons. The minimum Gasteiger partial charge on any atom is -0.366 e. The first-order valence-electron chi connectivity index (χ1n) is 7.30. The fourth-order valence-electron chi connectivity index (χ4n) is 2.63. The van der Waals surface area contributed by atoms with E-state index in [-0.39, 0.29) is 0 Å². The van der Waals surface area contributed by atoms with Gasteiger partial charge in [0.2, 0.25) is 0 Å². The van der Waals surface area contributed by atoms with Gasteiger partial charge in [-0.15, -0.1) is 0 Å². The molecule has 1 fully saturated rings. The molecule has 1 atom stereocenters. The lowest BCUT2D eigenvalue weighted by Crippen LogP contribution is -2.11. The maximum atomic E-state index is 11.4. The summed E-state index contributed by atoms with van der Waals surface area (Å²) in [5.41, 5.74) is 7.47. The third-order valence-electron chi connectivity index (χ3n) is 3.74. The van der Waals surface area contributed by atoms with Crippen LogP contribution in [0.2, 0.25) is 0 Å². The molecule has 0 spiro atoms. The van der Waals surface area contributed by atoms with Gasteiger partial charge in [-0.05, 0) is 31.4 Å². The number of H-pyrrole nitrogens is 1. The van der Waals surface area contributed by atoms with E-state index in [0.29, 0.717) is 11.1 Å². The molecule has 0 saturated carbocycles. The van der Waals surface area contributed by atoms with Crippen molar-refractivity contribution in [2.75, 3.05) is 5.75 Å². The zero-order chi connectivity index (χ0) is 14.7. The van der Waals surface area contributed by atoms with Crippen LogP contribution in [0.25, 0.3) is 11.0 Å². The van der Waals surface area contributed by atoms with Crippen LogP contribution in [0, 0.1) is 0 Å². The highest BCUT2D eigenvalue weighted by molar-refractivity contribution is 8.77. The Hall–Kier alpha value is -1.14. The zero-order valence-corrected chi connectivity index (χ0v) is 13.4. The van der Waals surface area contributed by atoms with Gasteiger partial charge in [-0.25, -0.2) is 4.98 Å². The smallest absolute Gasteiger partial charge is 0.250 e. The van der Waals surface area contributed by atoms with E-state index in [9.17, 15) is 4.79 Å². The first-order valence-corrected chi connectivity index (χ1v) is 9.68. The number of unbranched alkanes of at least 4 members (excludes halogenated alkanes) is 1. The number of rotatable bonds is 6. The second-order valence-electron chi connectivity index (χ2n) is 5.32. The van der Waals surface area contributed by atoms with Crippen molar-refractivity contribution >= 4 is 38.5 Å². The number of nitrogens with two attached hydrogens (primary N) is 1. The summed E-state index contributed by atoms with van der Waals surface area (Å²) in [6.45, 7) is 0. The lowest BCUT2D eigenvalue weighted by atomic mass is 10.1. The minimum absolute atomic E-state index is 0.422. The van der Waals surface area contributed by atoms with Gasteiger partial charge in [0.05, 0.1) is 11.1 Å². The molecule has 1 saturated heterocycles. The van der Waals surface area contributed by atoms with E-state index in [2.05, 4.69) is 9.97 Å². The van der Waals surface area contributed by atoms with Crippen molar-refractivity contribution in [3.63, 3.8) is 0 Å². The number of amides is 1. The Morgan fingerprint density at radius 2 is 2.33 bits per heavy atom. The van der Waals surface area contributed by atoms with Crippen LogP contribution in [0.3, 0.4) is 0 Å². The fraction of sp³-hybridized carbons (Fsp3) is 0.467. The van der Waals surface area contributed by atoms with Crippen molar-refractivity contribution in [1.29, 1.82) is 0 Å². The van der Waals surface area contributed by atoms with Gasteiger partial charge in [-0.3, -0.25) is 4.79 Å². The SMILES string of the molecule is NC(=O)c1cccc2[nH]c(CCCCC3CCSS3)nc12. The molecule has 4 nitrogen and oxygen atoms in total. The molecule has 3 rings (SSSR count). The van der Waals surface area contributed by atoms with Crippen LogP contribution in [-0.4, -0.2) is 26.9 Å². The quantitative estimate of drug-likeness (QED) is 0.630. The van der Waals surface area contributed by atoms with E-state index in [4.69, 9.17) is 5.73 Å². The first kappa shape index (κ1) is 14.8. The fourth-order valence-corrected chi connectivity index (χ4v) is 5.66. The first-order chi connectivity index (χ1) is 10.2. The van der Waals surface area contributed by atoms with Crippen molar-refractivity contribution in [3.8, 4) is 0 Å². The standard InChI is InChI=1S/C15H19N3OS2/c16-15(19)11-5-3-6-12-14(11)18-13(17-12)7-2-1-4-10-8-9-20-21-10/h3,5-6,10H,1-2,4,7-9H2,(H2,16,19)(H,17,18). The molecular weight excluding hydrogens is 302 g/mol. The average Bonchev–Trinajstić information content (AvgIpc) is 3.11. The Balaban J connectivity index is 1.59. The number of hydrogen-bond acceptors (Lipinski definition) is 4. The molecule has 21 heavy (non-hydrogen) atoms. The number of hydrogen-bond donors (Lipinski definition) is 2. The number of aromatic nitrogens is 2. The highest BCUT2D eigenvalue weighted by Gasteiger charge is 2.16. The molecule has 1 aliphatic heterocycles. The highest BCUT2D eigenvalue weighted by Crippen LogP contribution is 2.39. The predicted molar refractivity (Wildman–Crippen MR) is 90.6 cm³/mol. The summed E-state index contributed by atoms with van der Waals surface area (Å²) in [5, 5.41) is 0.840. The lowest BCUT2D eigenvalue weighted by Gasteiger charge is -2.05. The highest BCUT2D eigenvalue weighted by atomic mass is 33.1. The van der Waals surface area contributed by atoms with Crippen molar-refractivity contribution in [1.82, 2.24) is 9.97 Å². The Morgan fingerprint density at radius 1 is 1.43 bits per heavy atom. The summed E-state index contributed by atoms with van der Waals surface area (Å²) < 4.78 is 0. The number of carbonyl (C=O) groups excluding carboxylic acids is 1. The molecule has 1 amide bonds. The summed E-state index contributed by atoms with van der Waals surface area (Å²) >= 11 is 0. The second-order valence-corrected chi connectivity index (χ2v) is 8.11. The van der Waals surface area contributed by atoms with E-state index in [0.717, 1.165) is 29.4 Å². The van der Waals surface area contributed by atoms with E-state index >= 15 is 0 Å². The summed E-state index contributed by atoms with van der Waals surface area (Å²) in [6, 6.07) is 5.49. The Kier molecular flexibility index (Phi) is 4.75. The maximum absolute atomic E-state index is 11.4. The molecule has 2 heterocycles. The van der Waals surface area contributed by atoms with Crippen LogP contribution in [-0.2, 0) is 6.42 Å². The van der Waals surface area contributed by atoms with Crippen LogP contribution in [0.15, 0.2) is 18.2 Å². The van der Waals surface area contributed by atoms with Crippen LogP contribution in [0.5, 0.6) is 0 Å². The van der Waals surface area contributed by atoms with E-state index in [1.54, 1.807) is 6.07 Å². The third kappa shape index (κ3) is 3.55. The zero-order valence-electron chi connectivity index (χ0n) is 11.8. The van der Waals surface area contributed by atoms with E-state index < -0.39 is 5.91 Å². The molecule has 6 heteroatoms. The van der Waals surface area contributed by atoms with Gasteiger partial charge in [-0.2, -0.15) is 0 Å². The largest absolute Gasteiger partial charge is 0.366 e. The van der Waals surface area contributed by atoms with E-state index in [1.807, 2.05) is 33.7 Å².